The molecule has 0 aliphatic carbocycles. The van der Waals surface area contributed by atoms with Crippen LogP contribution in [0.4, 0.5) is 0 Å². The molecule has 0 fully saturated rings. The molecule has 0 saturated carbocycles. The van der Waals surface area contributed by atoms with Gasteiger partial charge in [0.1, 0.15) is 19.3 Å². The highest BCUT2D eigenvalue weighted by atomic mass is 16.5. The summed E-state index contributed by atoms with van der Waals surface area (Å²) in [5.74, 6) is -1.46. The van der Waals surface area contributed by atoms with Crippen LogP contribution < -0.4 is 0 Å². The van der Waals surface area contributed by atoms with Crippen LogP contribution in [0.2, 0.25) is 0 Å². The van der Waals surface area contributed by atoms with E-state index in [4.69, 9.17) is 19.3 Å². The quantitative estimate of drug-likeness (QED) is 0.151. The number of aliphatic hydroxyl groups is 2. The van der Waals surface area contributed by atoms with Crippen molar-refractivity contribution in [2.45, 2.75) is 93.6 Å². The van der Waals surface area contributed by atoms with E-state index in [1.165, 1.54) is 0 Å². The maximum atomic E-state index is 13.5. The van der Waals surface area contributed by atoms with Crippen LogP contribution in [0.1, 0.15) is 87.5 Å². The van der Waals surface area contributed by atoms with E-state index in [1.54, 1.807) is 27.7 Å². The van der Waals surface area contributed by atoms with Crippen molar-refractivity contribution in [1.82, 2.24) is 4.90 Å². The number of likely N-dealkylation sites (N-methyl/N-ethyl adjacent to an activating group) is 1. The van der Waals surface area contributed by atoms with Crippen LogP contribution >= 0.6 is 0 Å². The third-order valence-corrected chi connectivity index (χ3v) is 6.81. The zero-order valence-electron chi connectivity index (χ0n) is 23.9. The van der Waals surface area contributed by atoms with E-state index in [2.05, 4.69) is 4.90 Å². The number of nitrogens with zero attached hydrogens (tertiary/aromatic N) is 1. The lowest BCUT2D eigenvalue weighted by Gasteiger charge is -2.39. The van der Waals surface area contributed by atoms with E-state index in [0.717, 1.165) is 25.9 Å². The number of aliphatic hydroxyl groups excluding tert-OH is 2. The first-order chi connectivity index (χ1) is 16.7. The van der Waals surface area contributed by atoms with Crippen molar-refractivity contribution < 1.29 is 38.8 Å². The van der Waals surface area contributed by atoms with Gasteiger partial charge in [0.05, 0.1) is 29.5 Å². The molecule has 3 unspecified atom stereocenters. The van der Waals surface area contributed by atoms with Crippen LogP contribution in [-0.4, -0.2) is 85.2 Å². The highest BCUT2D eigenvalue weighted by Gasteiger charge is 2.50. The molecule has 9 nitrogen and oxygen atoms in total. The molecule has 3 atom stereocenters. The Balaban J connectivity index is 5.86. The van der Waals surface area contributed by atoms with E-state index in [0.29, 0.717) is 19.6 Å². The first-order valence-corrected chi connectivity index (χ1v) is 13.3. The highest BCUT2D eigenvalue weighted by molar-refractivity contribution is 5.82. The van der Waals surface area contributed by atoms with Crippen LogP contribution in [0.5, 0.6) is 0 Å². The number of hydrogen-bond acceptors (Lipinski definition) is 9. The first kappa shape index (κ1) is 34.3. The fourth-order valence-corrected chi connectivity index (χ4v) is 4.34. The minimum atomic E-state index is -1.18. The molecule has 0 aliphatic rings. The Morgan fingerprint density at radius 1 is 0.806 bits per heavy atom. The second kappa shape index (κ2) is 16.2. The summed E-state index contributed by atoms with van der Waals surface area (Å²) in [6.07, 6.45) is 1.14. The van der Waals surface area contributed by atoms with Gasteiger partial charge in [0.25, 0.3) is 0 Å². The predicted octanol–water partition coefficient (Wildman–Crippen LogP) is 3.34. The molecule has 0 aliphatic heterocycles. The van der Waals surface area contributed by atoms with E-state index < -0.39 is 40.9 Å². The Hall–Kier alpha value is -1.71. The fraction of sp³-hybridized carbons (Fsp3) is 0.889. The van der Waals surface area contributed by atoms with Gasteiger partial charge < -0.3 is 29.3 Å². The van der Waals surface area contributed by atoms with E-state index in [9.17, 15) is 19.5 Å². The molecule has 0 spiro atoms. The van der Waals surface area contributed by atoms with Crippen molar-refractivity contribution in [2.75, 3.05) is 46.1 Å². The molecule has 0 aromatic rings. The molecular weight excluding hydrogens is 466 g/mol. The molecule has 0 aromatic carbocycles. The molecule has 0 rings (SSSR count). The van der Waals surface area contributed by atoms with Gasteiger partial charge in [-0.05, 0) is 66.5 Å². The maximum absolute atomic E-state index is 13.5. The molecule has 0 bridgehead atoms. The molecule has 2 N–H and O–H groups in total. The van der Waals surface area contributed by atoms with Gasteiger partial charge in [-0.25, -0.2) is 0 Å². The molecule has 0 aromatic heterocycles. The molecule has 0 amide bonds. The molecule has 0 heterocycles. The Bertz CT molecular complexity index is 679. The first-order valence-electron chi connectivity index (χ1n) is 13.3. The lowest BCUT2D eigenvalue weighted by Crippen LogP contribution is -2.45. The number of carbonyl (C=O) groups is 3. The summed E-state index contributed by atoms with van der Waals surface area (Å²) in [6, 6.07) is 0. The van der Waals surface area contributed by atoms with Crippen molar-refractivity contribution in [3.8, 4) is 0 Å². The standard InChI is InChI=1S/C27H51NO8/c1-9-13-15-34-23(32)26(7,10-2)20-27(8,24(33)35-16-14-28(11-3)12-4)19-25(5,6)22(31)36-18-21(30)17-29/h21,29-30H,9-20H2,1-8H3. The lowest BCUT2D eigenvalue weighted by atomic mass is 9.65. The zero-order chi connectivity index (χ0) is 28.0. The summed E-state index contributed by atoms with van der Waals surface area (Å²) in [5.41, 5.74) is -3.26. The Morgan fingerprint density at radius 2 is 1.36 bits per heavy atom. The van der Waals surface area contributed by atoms with Gasteiger partial charge in [-0.15, -0.1) is 0 Å². The van der Waals surface area contributed by atoms with Crippen molar-refractivity contribution in [1.29, 1.82) is 0 Å². The summed E-state index contributed by atoms with van der Waals surface area (Å²) in [6.45, 7) is 16.7. The van der Waals surface area contributed by atoms with Gasteiger partial charge >= 0.3 is 17.9 Å². The van der Waals surface area contributed by atoms with E-state index >= 15 is 0 Å². The monoisotopic (exact) mass is 517 g/mol. The fourth-order valence-electron chi connectivity index (χ4n) is 4.34. The summed E-state index contributed by atoms with van der Waals surface area (Å²) < 4.78 is 16.4. The number of unbranched alkanes of at least 4 members (excludes halogenated alkanes) is 1. The van der Waals surface area contributed by atoms with E-state index in [-0.39, 0.29) is 32.0 Å². The van der Waals surface area contributed by atoms with Crippen molar-refractivity contribution >= 4 is 17.9 Å². The summed E-state index contributed by atoms with van der Waals surface area (Å²) in [5, 5.41) is 18.6. The third-order valence-electron chi connectivity index (χ3n) is 6.81. The van der Waals surface area contributed by atoms with Gasteiger partial charge in [-0.1, -0.05) is 34.1 Å². The van der Waals surface area contributed by atoms with Crippen LogP contribution in [0.15, 0.2) is 0 Å². The second-order valence-electron chi connectivity index (χ2n) is 10.8. The molecule has 9 heteroatoms. The molecule has 212 valence electrons. The van der Waals surface area contributed by atoms with Crippen LogP contribution in [0.3, 0.4) is 0 Å². The van der Waals surface area contributed by atoms with E-state index in [1.807, 2.05) is 27.7 Å². The van der Waals surface area contributed by atoms with Gasteiger partial charge in [0, 0.05) is 6.54 Å². The highest BCUT2D eigenvalue weighted by Crippen LogP contribution is 2.45. The topological polar surface area (TPSA) is 123 Å². The Kier molecular flexibility index (Phi) is 15.4. The van der Waals surface area contributed by atoms with Gasteiger partial charge in [-0.3, -0.25) is 14.4 Å². The summed E-state index contributed by atoms with van der Waals surface area (Å²) in [7, 11) is 0. The van der Waals surface area contributed by atoms with Crippen molar-refractivity contribution in [2.24, 2.45) is 16.2 Å². The third kappa shape index (κ3) is 11.1. The second-order valence-corrected chi connectivity index (χ2v) is 10.8. The van der Waals surface area contributed by atoms with Crippen molar-refractivity contribution in [3.63, 3.8) is 0 Å². The average molecular weight is 518 g/mol. The maximum Gasteiger partial charge on any atom is 0.311 e. The Labute approximate surface area is 217 Å². The van der Waals surface area contributed by atoms with Crippen molar-refractivity contribution in [3.05, 3.63) is 0 Å². The molecule has 0 saturated heterocycles. The largest absolute Gasteiger partial charge is 0.465 e. The average Bonchev–Trinajstić information content (AvgIpc) is 2.84. The SMILES string of the molecule is CCCCOC(=O)C(C)(CC)CC(C)(CC(C)(C)C(=O)OCC(O)CO)C(=O)OCCN(CC)CC. The number of ether oxygens (including phenoxy) is 3. The predicted molar refractivity (Wildman–Crippen MR) is 138 cm³/mol. The van der Waals surface area contributed by atoms with Crippen LogP contribution in [0, 0.1) is 16.2 Å². The molecule has 0 radical (unpaired) electrons. The Morgan fingerprint density at radius 3 is 1.86 bits per heavy atom. The summed E-state index contributed by atoms with van der Waals surface area (Å²) >= 11 is 0. The van der Waals surface area contributed by atoms with Gasteiger partial charge in [0.2, 0.25) is 0 Å². The minimum absolute atomic E-state index is 0.0655. The lowest BCUT2D eigenvalue weighted by molar-refractivity contribution is -0.170. The normalized spacial score (nSPS) is 16.1. The summed E-state index contributed by atoms with van der Waals surface area (Å²) in [4.78, 5) is 41.5. The van der Waals surface area contributed by atoms with Crippen LogP contribution in [0.25, 0.3) is 0 Å². The smallest absolute Gasteiger partial charge is 0.311 e. The number of hydrogen-bond donors (Lipinski definition) is 2. The minimum Gasteiger partial charge on any atom is -0.465 e. The number of esters is 3. The molecular formula is C27H51NO8. The van der Waals surface area contributed by atoms with Crippen LogP contribution in [-0.2, 0) is 28.6 Å². The van der Waals surface area contributed by atoms with Gasteiger partial charge in [0.15, 0.2) is 0 Å². The number of rotatable bonds is 19. The number of carbonyl (C=O) groups excluding carboxylic acids is 3. The van der Waals surface area contributed by atoms with Gasteiger partial charge in [-0.2, -0.15) is 0 Å². The molecule has 36 heavy (non-hydrogen) atoms. The zero-order valence-corrected chi connectivity index (χ0v) is 23.9.